The van der Waals surface area contributed by atoms with Crippen LogP contribution in [0.3, 0.4) is 0 Å². The molecule has 0 heterocycles. The Kier molecular flexibility index (Phi) is 10.7. The van der Waals surface area contributed by atoms with Crippen LogP contribution in [-0.2, 0) is 8.85 Å². The predicted octanol–water partition coefficient (Wildman–Crippen LogP) is 1.07. The van der Waals surface area contributed by atoms with Crippen molar-refractivity contribution >= 4 is 9.28 Å². The number of hydrogen-bond acceptors (Lipinski definition) is 3. The fraction of sp³-hybridized carbons (Fsp3) is 1.00. The van der Waals surface area contributed by atoms with Gasteiger partial charge in [0.15, 0.2) is 0 Å². The van der Waals surface area contributed by atoms with Gasteiger partial charge in [-0.25, -0.2) is 0 Å². The molecule has 0 fully saturated rings. The van der Waals surface area contributed by atoms with Crippen molar-refractivity contribution in [3.63, 3.8) is 0 Å². The fourth-order valence-corrected chi connectivity index (χ4v) is 1.55. The average Bonchev–Trinajstić information content (AvgIpc) is 1.68. The molecule has 3 N–H and O–H groups in total. The maximum atomic E-state index is 5.20. The molecule has 4 heteroatoms. The molecule has 0 rings (SSSR count). The first-order valence-electron chi connectivity index (χ1n) is 3.04. The minimum atomic E-state index is -1.20. The lowest BCUT2D eigenvalue weighted by Crippen LogP contribution is -2.17. The summed E-state index contributed by atoms with van der Waals surface area (Å²) >= 11 is 0. The van der Waals surface area contributed by atoms with E-state index in [1.807, 2.05) is 20.4 Å². The Morgan fingerprint density at radius 2 is 1.44 bits per heavy atom. The van der Waals surface area contributed by atoms with Crippen molar-refractivity contribution in [2.24, 2.45) is 0 Å². The van der Waals surface area contributed by atoms with Gasteiger partial charge in [0.05, 0.1) is 0 Å². The van der Waals surface area contributed by atoms with Crippen LogP contribution in [0.25, 0.3) is 0 Å². The van der Waals surface area contributed by atoms with E-state index in [0.29, 0.717) is 0 Å². The van der Waals surface area contributed by atoms with Crippen LogP contribution in [-0.4, -0.2) is 22.5 Å². The van der Waals surface area contributed by atoms with Gasteiger partial charge in [-0.2, -0.15) is 0 Å². The summed E-state index contributed by atoms with van der Waals surface area (Å²) in [5.74, 6) is 0. The van der Waals surface area contributed by atoms with Gasteiger partial charge < -0.3 is 15.0 Å². The van der Waals surface area contributed by atoms with Crippen molar-refractivity contribution in [3.8, 4) is 0 Å². The van der Waals surface area contributed by atoms with Gasteiger partial charge in [-0.3, -0.25) is 0 Å². The zero-order valence-corrected chi connectivity index (χ0v) is 7.67. The van der Waals surface area contributed by atoms with Gasteiger partial charge in [0.2, 0.25) is 0 Å². The fourth-order valence-electron chi connectivity index (χ4n) is 0.518. The lowest BCUT2D eigenvalue weighted by atomic mass is 10.9. The predicted molar refractivity (Wildman–Crippen MR) is 41.3 cm³/mol. The van der Waals surface area contributed by atoms with Crippen LogP contribution < -0.4 is 6.15 Å². The molecule has 0 spiro atoms. The molecule has 0 unspecified atom stereocenters. The molecule has 0 aromatic carbocycles. The van der Waals surface area contributed by atoms with Crippen LogP contribution in [0.2, 0.25) is 6.55 Å². The lowest BCUT2D eigenvalue weighted by Gasteiger charge is -2.07. The SMILES string of the molecule is CCO[SiH](C)OCC.N. The molecule has 0 aliphatic heterocycles. The van der Waals surface area contributed by atoms with E-state index >= 15 is 0 Å². The van der Waals surface area contributed by atoms with Gasteiger partial charge in [-0.15, -0.1) is 0 Å². The summed E-state index contributed by atoms with van der Waals surface area (Å²) < 4.78 is 10.4. The quantitative estimate of drug-likeness (QED) is 0.611. The molecule has 0 aromatic heterocycles. The second-order valence-corrected chi connectivity index (χ2v) is 3.28. The Hall–Kier alpha value is 0.0969. The van der Waals surface area contributed by atoms with E-state index in [2.05, 4.69) is 0 Å². The van der Waals surface area contributed by atoms with E-state index in [0.717, 1.165) is 13.2 Å². The largest absolute Gasteiger partial charge is 0.397 e. The minimum absolute atomic E-state index is 0. The Morgan fingerprint density at radius 3 is 1.67 bits per heavy atom. The minimum Gasteiger partial charge on any atom is -0.397 e. The highest BCUT2D eigenvalue weighted by Gasteiger charge is 1.99. The summed E-state index contributed by atoms with van der Waals surface area (Å²) in [5.41, 5.74) is 0. The van der Waals surface area contributed by atoms with E-state index in [4.69, 9.17) is 8.85 Å². The Bertz CT molecular complexity index is 48.2. The molecule has 0 saturated carbocycles. The van der Waals surface area contributed by atoms with E-state index in [1.54, 1.807) is 0 Å². The third kappa shape index (κ3) is 8.10. The van der Waals surface area contributed by atoms with Gasteiger partial charge in [-0.05, 0) is 20.4 Å². The van der Waals surface area contributed by atoms with Gasteiger partial charge in [-0.1, -0.05) is 0 Å². The zero-order valence-electron chi connectivity index (χ0n) is 6.52. The molecule has 0 atom stereocenters. The average molecular weight is 151 g/mol. The van der Waals surface area contributed by atoms with E-state index in [9.17, 15) is 0 Å². The Labute approximate surface area is 58.8 Å². The summed E-state index contributed by atoms with van der Waals surface area (Å²) in [5, 5.41) is 0. The maximum absolute atomic E-state index is 5.20. The molecule has 0 aliphatic rings. The molecule has 0 aromatic rings. The molecular formula is C5H17NO2Si. The zero-order chi connectivity index (χ0) is 6.41. The Morgan fingerprint density at radius 1 is 1.11 bits per heavy atom. The highest BCUT2D eigenvalue weighted by Crippen LogP contribution is 1.85. The molecule has 0 amide bonds. The van der Waals surface area contributed by atoms with Gasteiger partial charge in [0, 0.05) is 13.2 Å². The van der Waals surface area contributed by atoms with Crippen LogP contribution in [0, 0.1) is 0 Å². The summed E-state index contributed by atoms with van der Waals surface area (Å²) in [6.45, 7) is 7.58. The second-order valence-electron chi connectivity index (χ2n) is 1.48. The van der Waals surface area contributed by atoms with Crippen LogP contribution in [0.1, 0.15) is 13.8 Å². The van der Waals surface area contributed by atoms with Gasteiger partial charge in [0.25, 0.3) is 0 Å². The van der Waals surface area contributed by atoms with Crippen LogP contribution in [0.4, 0.5) is 0 Å². The summed E-state index contributed by atoms with van der Waals surface area (Å²) in [7, 11) is -1.20. The van der Waals surface area contributed by atoms with Crippen molar-refractivity contribution in [1.29, 1.82) is 0 Å². The van der Waals surface area contributed by atoms with Crippen molar-refractivity contribution in [2.75, 3.05) is 13.2 Å². The van der Waals surface area contributed by atoms with Crippen LogP contribution in [0.5, 0.6) is 0 Å². The maximum Gasteiger partial charge on any atom is 0.318 e. The first kappa shape index (κ1) is 11.8. The van der Waals surface area contributed by atoms with Gasteiger partial charge in [0.1, 0.15) is 0 Å². The van der Waals surface area contributed by atoms with Crippen LogP contribution in [0.15, 0.2) is 0 Å². The van der Waals surface area contributed by atoms with E-state index in [1.165, 1.54) is 0 Å². The first-order valence-corrected chi connectivity index (χ1v) is 5.14. The van der Waals surface area contributed by atoms with Crippen molar-refractivity contribution < 1.29 is 8.85 Å². The van der Waals surface area contributed by atoms with E-state index in [-0.39, 0.29) is 6.15 Å². The normalized spacial score (nSPS) is 9.33. The lowest BCUT2D eigenvalue weighted by molar-refractivity contribution is 0.219. The standard InChI is InChI=1S/C5H14O2Si.H3N/c1-4-6-8(3)7-5-2;/h8H,4-5H2,1-3H3;1H3. The third-order valence-corrected chi connectivity index (χ3v) is 2.41. The van der Waals surface area contributed by atoms with Crippen LogP contribution >= 0.6 is 0 Å². The Balaban J connectivity index is 0. The molecule has 0 bridgehead atoms. The molecule has 9 heavy (non-hydrogen) atoms. The van der Waals surface area contributed by atoms with Crippen molar-refractivity contribution in [3.05, 3.63) is 0 Å². The monoisotopic (exact) mass is 151 g/mol. The highest BCUT2D eigenvalue weighted by atomic mass is 28.3. The number of hydrogen-bond donors (Lipinski definition) is 1. The molecule has 58 valence electrons. The summed E-state index contributed by atoms with van der Waals surface area (Å²) in [4.78, 5) is 0. The van der Waals surface area contributed by atoms with Crippen molar-refractivity contribution in [2.45, 2.75) is 20.4 Å². The molecule has 0 aliphatic carbocycles. The van der Waals surface area contributed by atoms with Crippen molar-refractivity contribution in [1.82, 2.24) is 6.15 Å². The number of rotatable bonds is 4. The summed E-state index contributed by atoms with van der Waals surface area (Å²) in [6.07, 6.45) is 0. The molecule has 0 radical (unpaired) electrons. The topological polar surface area (TPSA) is 53.5 Å². The van der Waals surface area contributed by atoms with E-state index < -0.39 is 9.28 Å². The molecular weight excluding hydrogens is 134 g/mol. The second kappa shape index (κ2) is 8.10. The van der Waals surface area contributed by atoms with Gasteiger partial charge >= 0.3 is 9.28 Å². The summed E-state index contributed by atoms with van der Waals surface area (Å²) in [6, 6.07) is 0. The molecule has 0 saturated heterocycles. The third-order valence-electron chi connectivity index (χ3n) is 0.803. The molecule has 3 nitrogen and oxygen atoms in total. The smallest absolute Gasteiger partial charge is 0.318 e. The highest BCUT2D eigenvalue weighted by molar-refractivity contribution is 6.42. The first-order chi connectivity index (χ1) is 3.81.